The van der Waals surface area contributed by atoms with Gasteiger partial charge in [-0.2, -0.15) is 5.26 Å². The molecule has 0 saturated carbocycles. The second-order valence-corrected chi connectivity index (χ2v) is 3.75. The van der Waals surface area contributed by atoms with E-state index in [2.05, 4.69) is 6.07 Å². The molecule has 1 aliphatic rings. The van der Waals surface area contributed by atoms with E-state index in [9.17, 15) is 0 Å². The van der Waals surface area contributed by atoms with E-state index in [1.807, 2.05) is 36.4 Å². The van der Waals surface area contributed by atoms with Crippen LogP contribution in [0, 0.1) is 11.3 Å². The lowest BCUT2D eigenvalue weighted by atomic mass is 9.92. The van der Waals surface area contributed by atoms with Crippen LogP contribution >= 0.6 is 0 Å². The molecule has 2 aromatic rings. The molecule has 2 nitrogen and oxygen atoms in total. The zero-order valence-corrected chi connectivity index (χ0v) is 8.55. The fourth-order valence-corrected chi connectivity index (χ4v) is 2.09. The van der Waals surface area contributed by atoms with Gasteiger partial charge in [-0.25, -0.2) is 0 Å². The van der Waals surface area contributed by atoms with Crippen LogP contribution in [-0.2, 0) is 0 Å². The first-order valence-electron chi connectivity index (χ1n) is 5.15. The van der Waals surface area contributed by atoms with Crippen LogP contribution < -0.4 is 4.74 Å². The van der Waals surface area contributed by atoms with Gasteiger partial charge in [-0.3, -0.25) is 0 Å². The van der Waals surface area contributed by atoms with E-state index < -0.39 is 0 Å². The zero-order valence-electron chi connectivity index (χ0n) is 8.55. The minimum absolute atomic E-state index is 0.213. The largest absolute Gasteiger partial charge is 0.465 e. The minimum Gasteiger partial charge on any atom is -0.465 e. The van der Waals surface area contributed by atoms with Gasteiger partial charge in [0.2, 0.25) is 0 Å². The normalized spacial score (nSPS) is 17.6. The molecule has 1 atom stereocenters. The molecule has 0 N–H and O–H groups in total. The molecule has 0 saturated heterocycles. The zero-order chi connectivity index (χ0) is 11.0. The van der Waals surface area contributed by atoms with Gasteiger partial charge in [0.1, 0.15) is 5.75 Å². The molecule has 0 aliphatic carbocycles. The smallest absolute Gasteiger partial charge is 0.131 e. The lowest BCUT2D eigenvalue weighted by Gasteiger charge is -2.17. The molecule has 0 radical (unpaired) electrons. The molecule has 2 heteroatoms. The molecule has 0 amide bonds. The third kappa shape index (κ3) is 1.19. The summed E-state index contributed by atoms with van der Waals surface area (Å²) in [5.41, 5.74) is 0.975. The highest BCUT2D eigenvalue weighted by Crippen LogP contribution is 2.37. The van der Waals surface area contributed by atoms with Crippen LogP contribution in [0.2, 0.25) is 0 Å². The highest BCUT2D eigenvalue weighted by atomic mass is 16.5. The second kappa shape index (κ2) is 3.39. The Hall–Kier alpha value is -2.27. The Kier molecular flexibility index (Phi) is 1.91. The molecule has 2 aromatic carbocycles. The average molecular weight is 207 g/mol. The summed E-state index contributed by atoms with van der Waals surface area (Å²) in [4.78, 5) is 0. The third-order valence-corrected chi connectivity index (χ3v) is 2.85. The van der Waals surface area contributed by atoms with Crippen LogP contribution in [0.3, 0.4) is 0 Å². The third-order valence-electron chi connectivity index (χ3n) is 2.85. The molecule has 1 aliphatic heterocycles. The molecule has 1 heterocycles. The second-order valence-electron chi connectivity index (χ2n) is 3.75. The topological polar surface area (TPSA) is 33.0 Å². The minimum atomic E-state index is -0.213. The van der Waals surface area contributed by atoms with Crippen molar-refractivity contribution in [1.82, 2.24) is 0 Å². The molecule has 3 rings (SSSR count). The number of nitrogens with zero attached hydrogens (tertiary/aromatic N) is 1. The van der Waals surface area contributed by atoms with E-state index in [1.165, 1.54) is 0 Å². The standard InChI is InChI=1S/C14H9NO/c15-9-11-7-8-16-13-6-5-10-3-1-2-4-12(10)14(11)13/h1-8,11H. The molecular weight excluding hydrogens is 198 g/mol. The highest BCUT2D eigenvalue weighted by Gasteiger charge is 2.19. The lowest BCUT2D eigenvalue weighted by molar-refractivity contribution is 0.462. The van der Waals surface area contributed by atoms with Gasteiger partial charge in [-0.15, -0.1) is 0 Å². The first kappa shape index (κ1) is 8.99. The Morgan fingerprint density at radius 1 is 1.12 bits per heavy atom. The van der Waals surface area contributed by atoms with Crippen LogP contribution in [0.25, 0.3) is 10.8 Å². The number of benzene rings is 2. The Bertz CT molecular complexity index is 622. The predicted octanol–water partition coefficient (Wildman–Crippen LogP) is 3.35. The summed E-state index contributed by atoms with van der Waals surface area (Å²) < 4.78 is 5.43. The molecule has 16 heavy (non-hydrogen) atoms. The summed E-state index contributed by atoms with van der Waals surface area (Å²) in [7, 11) is 0. The van der Waals surface area contributed by atoms with E-state index in [1.54, 1.807) is 12.3 Å². The quantitative estimate of drug-likeness (QED) is 0.663. The van der Waals surface area contributed by atoms with Crippen molar-refractivity contribution < 1.29 is 4.74 Å². The van der Waals surface area contributed by atoms with Crippen LogP contribution in [-0.4, -0.2) is 0 Å². The van der Waals surface area contributed by atoms with Crippen molar-refractivity contribution >= 4 is 10.8 Å². The molecule has 0 aromatic heterocycles. The Morgan fingerprint density at radius 3 is 2.88 bits per heavy atom. The fourth-order valence-electron chi connectivity index (χ4n) is 2.09. The maximum absolute atomic E-state index is 9.14. The van der Waals surface area contributed by atoms with Crippen molar-refractivity contribution in [1.29, 1.82) is 5.26 Å². The van der Waals surface area contributed by atoms with E-state index in [4.69, 9.17) is 10.00 Å². The summed E-state index contributed by atoms with van der Waals surface area (Å²) in [5, 5.41) is 11.4. The average Bonchev–Trinajstić information content (AvgIpc) is 2.37. The number of hydrogen-bond acceptors (Lipinski definition) is 2. The Balaban J connectivity index is 2.38. The van der Waals surface area contributed by atoms with Crippen LogP contribution in [0.5, 0.6) is 5.75 Å². The first-order chi connectivity index (χ1) is 7.90. The van der Waals surface area contributed by atoms with Gasteiger partial charge in [-0.05, 0) is 22.9 Å². The van der Waals surface area contributed by atoms with E-state index in [0.717, 1.165) is 22.1 Å². The number of fused-ring (bicyclic) bond motifs is 3. The number of allylic oxidation sites excluding steroid dienone is 1. The van der Waals surface area contributed by atoms with E-state index in [-0.39, 0.29) is 5.92 Å². The number of rotatable bonds is 0. The van der Waals surface area contributed by atoms with E-state index >= 15 is 0 Å². The van der Waals surface area contributed by atoms with Crippen molar-refractivity contribution in [2.24, 2.45) is 0 Å². The van der Waals surface area contributed by atoms with Crippen molar-refractivity contribution in [3.05, 3.63) is 54.3 Å². The number of ether oxygens (including phenoxy) is 1. The molecule has 0 spiro atoms. The monoisotopic (exact) mass is 207 g/mol. The highest BCUT2D eigenvalue weighted by molar-refractivity contribution is 5.89. The Morgan fingerprint density at radius 2 is 2.00 bits per heavy atom. The first-order valence-corrected chi connectivity index (χ1v) is 5.15. The molecule has 1 unspecified atom stereocenters. The summed E-state index contributed by atoms with van der Waals surface area (Å²) in [5.74, 6) is 0.572. The van der Waals surface area contributed by atoms with E-state index in [0.29, 0.717) is 0 Å². The maximum atomic E-state index is 9.14. The van der Waals surface area contributed by atoms with Crippen molar-refractivity contribution in [3.8, 4) is 11.8 Å². The van der Waals surface area contributed by atoms with Crippen molar-refractivity contribution in [2.45, 2.75) is 5.92 Å². The van der Waals surface area contributed by atoms with Gasteiger partial charge in [0.05, 0.1) is 18.2 Å². The maximum Gasteiger partial charge on any atom is 0.131 e. The van der Waals surface area contributed by atoms with Gasteiger partial charge in [0.15, 0.2) is 0 Å². The SMILES string of the molecule is N#CC1C=COc2ccc3ccccc3c21. The Labute approximate surface area is 93.4 Å². The fraction of sp³-hybridized carbons (Fsp3) is 0.0714. The lowest BCUT2D eigenvalue weighted by Crippen LogP contribution is -2.02. The molecule has 0 fully saturated rings. The molecule has 76 valence electrons. The number of hydrogen-bond donors (Lipinski definition) is 0. The summed E-state index contributed by atoms with van der Waals surface area (Å²) >= 11 is 0. The molecular formula is C14H9NO. The van der Waals surface area contributed by atoms with Crippen molar-refractivity contribution in [2.75, 3.05) is 0 Å². The predicted molar refractivity (Wildman–Crippen MR) is 62.1 cm³/mol. The molecule has 0 bridgehead atoms. The summed E-state index contributed by atoms with van der Waals surface area (Å²) in [6.45, 7) is 0. The van der Waals surface area contributed by atoms with Gasteiger partial charge < -0.3 is 4.74 Å². The van der Waals surface area contributed by atoms with Gasteiger partial charge in [-0.1, -0.05) is 30.3 Å². The van der Waals surface area contributed by atoms with Crippen LogP contribution in [0.15, 0.2) is 48.7 Å². The van der Waals surface area contributed by atoms with Crippen LogP contribution in [0.1, 0.15) is 11.5 Å². The van der Waals surface area contributed by atoms with Crippen molar-refractivity contribution in [3.63, 3.8) is 0 Å². The number of nitriles is 1. The van der Waals surface area contributed by atoms with Gasteiger partial charge >= 0.3 is 0 Å². The summed E-state index contributed by atoms with van der Waals surface area (Å²) in [6, 6.07) is 14.3. The van der Waals surface area contributed by atoms with Gasteiger partial charge in [0, 0.05) is 5.56 Å². The summed E-state index contributed by atoms with van der Waals surface area (Å²) in [6.07, 6.45) is 3.37. The van der Waals surface area contributed by atoms with Gasteiger partial charge in [0.25, 0.3) is 0 Å². The van der Waals surface area contributed by atoms with Crippen LogP contribution in [0.4, 0.5) is 0 Å².